The van der Waals surface area contributed by atoms with Gasteiger partial charge in [0.1, 0.15) is 0 Å². The lowest BCUT2D eigenvalue weighted by Gasteiger charge is -2.33. The minimum absolute atomic E-state index is 0.170. The van der Waals surface area contributed by atoms with Crippen molar-refractivity contribution in [3.63, 3.8) is 0 Å². The summed E-state index contributed by atoms with van der Waals surface area (Å²) in [6.45, 7) is 8.52. The van der Waals surface area contributed by atoms with Gasteiger partial charge in [0.2, 0.25) is 5.91 Å². The lowest BCUT2D eigenvalue weighted by Crippen LogP contribution is -2.49. The molecule has 0 unspecified atom stereocenters. The van der Waals surface area contributed by atoms with E-state index in [0.29, 0.717) is 6.54 Å². The number of hydrogen-bond acceptors (Lipinski definition) is 3. The Morgan fingerprint density at radius 2 is 1.79 bits per heavy atom. The Kier molecular flexibility index (Phi) is 8.56. The van der Waals surface area contributed by atoms with Crippen LogP contribution in [0.4, 0.5) is 0 Å². The normalized spacial score (nSPS) is 16.5. The first-order valence-corrected chi connectivity index (χ1v) is 9.21. The Labute approximate surface area is 146 Å². The molecule has 0 aromatic heterocycles. The number of unbranched alkanes of at least 4 members (excludes halogenated alkanes) is 2. The second-order valence-electron chi connectivity index (χ2n) is 6.45. The molecule has 0 saturated carbocycles. The van der Waals surface area contributed by atoms with Crippen LogP contribution in [0.2, 0.25) is 0 Å². The fourth-order valence-electron chi connectivity index (χ4n) is 2.89. The second kappa shape index (κ2) is 11.0. The molecule has 1 N–H and O–H groups in total. The van der Waals surface area contributed by atoms with Crippen LogP contribution in [0.15, 0.2) is 36.4 Å². The average molecular weight is 329 g/mol. The van der Waals surface area contributed by atoms with E-state index in [0.717, 1.165) is 45.7 Å². The first kappa shape index (κ1) is 18.7. The largest absolute Gasteiger partial charge is 0.355 e. The van der Waals surface area contributed by atoms with E-state index >= 15 is 0 Å². The molecule has 0 spiro atoms. The number of rotatable bonds is 9. The fourth-order valence-corrected chi connectivity index (χ4v) is 2.89. The number of nitrogens with zero attached hydrogens (tertiary/aromatic N) is 2. The number of hydrogen-bond donors (Lipinski definition) is 1. The standard InChI is InChI=1S/C20H31N3O/c1-2-3-7-12-21-20(24)18-23-16-14-22(15-17-23)13-8-11-19-9-5-4-6-10-19/h4-6,8-11H,2-3,7,12-18H2,1H3,(H,21,24)/b11-8+. The molecule has 1 heterocycles. The van der Waals surface area contributed by atoms with Gasteiger partial charge in [-0.05, 0) is 12.0 Å². The van der Waals surface area contributed by atoms with Crippen LogP contribution in [-0.4, -0.2) is 61.5 Å². The third kappa shape index (κ3) is 7.28. The predicted octanol–water partition coefficient (Wildman–Crippen LogP) is 2.62. The zero-order valence-electron chi connectivity index (χ0n) is 14.9. The maximum absolute atomic E-state index is 11.9. The Bertz CT molecular complexity index is 493. The van der Waals surface area contributed by atoms with Crippen molar-refractivity contribution < 1.29 is 4.79 Å². The van der Waals surface area contributed by atoms with Crippen molar-refractivity contribution in [1.29, 1.82) is 0 Å². The van der Waals surface area contributed by atoms with E-state index in [4.69, 9.17) is 0 Å². The van der Waals surface area contributed by atoms with Crippen molar-refractivity contribution in [2.24, 2.45) is 0 Å². The molecule has 1 aliphatic rings. The smallest absolute Gasteiger partial charge is 0.234 e. The van der Waals surface area contributed by atoms with Gasteiger partial charge in [0.25, 0.3) is 0 Å². The number of nitrogens with one attached hydrogen (secondary N) is 1. The average Bonchev–Trinajstić information content (AvgIpc) is 2.61. The summed E-state index contributed by atoms with van der Waals surface area (Å²) in [6, 6.07) is 10.4. The van der Waals surface area contributed by atoms with Crippen molar-refractivity contribution in [3.05, 3.63) is 42.0 Å². The summed E-state index contributed by atoms with van der Waals surface area (Å²) in [5.74, 6) is 0.170. The van der Waals surface area contributed by atoms with E-state index in [1.165, 1.54) is 18.4 Å². The van der Waals surface area contributed by atoms with E-state index < -0.39 is 0 Å². The minimum Gasteiger partial charge on any atom is -0.355 e. The lowest BCUT2D eigenvalue weighted by atomic mass is 10.2. The maximum atomic E-state index is 11.9. The quantitative estimate of drug-likeness (QED) is 0.708. The van der Waals surface area contributed by atoms with Gasteiger partial charge >= 0.3 is 0 Å². The summed E-state index contributed by atoms with van der Waals surface area (Å²) in [5.41, 5.74) is 1.25. The molecule has 1 amide bonds. The third-order valence-corrected chi connectivity index (χ3v) is 4.41. The molecule has 1 aliphatic heterocycles. The molecular formula is C20H31N3O. The van der Waals surface area contributed by atoms with Crippen molar-refractivity contribution >= 4 is 12.0 Å². The number of amides is 1. The monoisotopic (exact) mass is 329 g/mol. The highest BCUT2D eigenvalue weighted by Crippen LogP contribution is 2.04. The minimum atomic E-state index is 0.170. The number of carbonyl (C=O) groups is 1. The Morgan fingerprint density at radius 1 is 1.08 bits per heavy atom. The molecule has 1 aromatic carbocycles. The van der Waals surface area contributed by atoms with Crippen LogP contribution in [0.1, 0.15) is 31.7 Å². The Balaban J connectivity index is 1.59. The summed E-state index contributed by atoms with van der Waals surface area (Å²) >= 11 is 0. The van der Waals surface area contributed by atoms with Crippen molar-refractivity contribution in [2.45, 2.75) is 26.2 Å². The van der Waals surface area contributed by atoms with Gasteiger partial charge in [0, 0.05) is 39.3 Å². The molecule has 0 atom stereocenters. The van der Waals surface area contributed by atoms with Gasteiger partial charge in [-0.1, -0.05) is 62.2 Å². The lowest BCUT2D eigenvalue weighted by molar-refractivity contribution is -0.122. The van der Waals surface area contributed by atoms with Crippen LogP contribution >= 0.6 is 0 Å². The SMILES string of the molecule is CCCCCNC(=O)CN1CCN(C/C=C/c2ccccc2)CC1. The number of carbonyl (C=O) groups excluding carboxylic acids is 1. The van der Waals surface area contributed by atoms with Crippen LogP contribution in [0.5, 0.6) is 0 Å². The van der Waals surface area contributed by atoms with Gasteiger partial charge in [-0.25, -0.2) is 0 Å². The molecule has 0 bridgehead atoms. The molecule has 132 valence electrons. The van der Waals surface area contributed by atoms with Crippen molar-refractivity contribution in [3.8, 4) is 0 Å². The van der Waals surface area contributed by atoms with Crippen LogP contribution in [-0.2, 0) is 4.79 Å². The summed E-state index contributed by atoms with van der Waals surface area (Å²) in [4.78, 5) is 16.6. The summed E-state index contributed by atoms with van der Waals surface area (Å²) in [6.07, 6.45) is 7.87. The zero-order chi connectivity index (χ0) is 17.0. The first-order valence-electron chi connectivity index (χ1n) is 9.21. The highest BCUT2D eigenvalue weighted by Gasteiger charge is 2.17. The van der Waals surface area contributed by atoms with Gasteiger partial charge in [0.15, 0.2) is 0 Å². The molecule has 0 radical (unpaired) electrons. The highest BCUT2D eigenvalue weighted by molar-refractivity contribution is 5.77. The molecule has 1 fully saturated rings. The van der Waals surface area contributed by atoms with E-state index in [-0.39, 0.29) is 5.91 Å². The molecular weight excluding hydrogens is 298 g/mol. The zero-order valence-corrected chi connectivity index (χ0v) is 14.9. The van der Waals surface area contributed by atoms with E-state index in [9.17, 15) is 4.79 Å². The summed E-state index contributed by atoms with van der Waals surface area (Å²) in [7, 11) is 0. The highest BCUT2D eigenvalue weighted by atomic mass is 16.2. The van der Waals surface area contributed by atoms with E-state index in [1.807, 2.05) is 6.07 Å². The molecule has 1 saturated heterocycles. The van der Waals surface area contributed by atoms with E-state index in [1.54, 1.807) is 0 Å². The molecule has 2 rings (SSSR count). The van der Waals surface area contributed by atoms with Crippen LogP contribution in [0.3, 0.4) is 0 Å². The molecule has 4 heteroatoms. The van der Waals surface area contributed by atoms with Crippen LogP contribution in [0, 0.1) is 0 Å². The Hall–Kier alpha value is -1.65. The van der Waals surface area contributed by atoms with Crippen molar-refractivity contribution in [1.82, 2.24) is 15.1 Å². The summed E-state index contributed by atoms with van der Waals surface area (Å²) in [5, 5.41) is 3.02. The second-order valence-corrected chi connectivity index (χ2v) is 6.45. The van der Waals surface area contributed by atoms with Crippen LogP contribution < -0.4 is 5.32 Å². The van der Waals surface area contributed by atoms with Crippen molar-refractivity contribution in [2.75, 3.05) is 45.8 Å². The number of benzene rings is 1. The fraction of sp³-hybridized carbons (Fsp3) is 0.550. The summed E-state index contributed by atoms with van der Waals surface area (Å²) < 4.78 is 0. The number of piperazine rings is 1. The van der Waals surface area contributed by atoms with Crippen LogP contribution in [0.25, 0.3) is 6.08 Å². The van der Waals surface area contributed by atoms with Gasteiger partial charge < -0.3 is 5.32 Å². The molecule has 4 nitrogen and oxygen atoms in total. The molecule has 24 heavy (non-hydrogen) atoms. The molecule has 1 aromatic rings. The third-order valence-electron chi connectivity index (χ3n) is 4.41. The van der Waals surface area contributed by atoms with E-state index in [2.05, 4.69) is 58.5 Å². The van der Waals surface area contributed by atoms with Gasteiger partial charge in [-0.2, -0.15) is 0 Å². The Morgan fingerprint density at radius 3 is 2.50 bits per heavy atom. The topological polar surface area (TPSA) is 35.6 Å². The first-order chi connectivity index (χ1) is 11.8. The maximum Gasteiger partial charge on any atom is 0.234 e. The molecule has 0 aliphatic carbocycles. The van der Waals surface area contributed by atoms with Gasteiger partial charge in [0.05, 0.1) is 6.54 Å². The van der Waals surface area contributed by atoms with Gasteiger partial charge in [-0.15, -0.1) is 0 Å². The predicted molar refractivity (Wildman–Crippen MR) is 101 cm³/mol. The van der Waals surface area contributed by atoms with Gasteiger partial charge in [-0.3, -0.25) is 14.6 Å².